The van der Waals surface area contributed by atoms with Gasteiger partial charge in [-0.15, -0.1) is 0 Å². The normalized spacial score (nSPS) is 15.4. The Bertz CT molecular complexity index is 1080. The molecule has 0 unspecified atom stereocenters. The number of ether oxygens (including phenoxy) is 1. The van der Waals surface area contributed by atoms with Gasteiger partial charge < -0.3 is 15.4 Å². The first-order valence-electron chi connectivity index (χ1n) is 11.3. The zero-order valence-electron chi connectivity index (χ0n) is 18.7. The number of halogens is 2. The maximum atomic E-state index is 14.4. The molecule has 3 aromatic rings. The maximum absolute atomic E-state index is 14.4. The van der Waals surface area contributed by atoms with E-state index in [2.05, 4.69) is 19.9 Å². The van der Waals surface area contributed by atoms with Gasteiger partial charge in [0.05, 0.1) is 18.3 Å². The van der Waals surface area contributed by atoms with E-state index in [1.54, 1.807) is 30.7 Å². The van der Waals surface area contributed by atoms with Crippen LogP contribution >= 0.6 is 0 Å². The minimum Gasteiger partial charge on any atom is -0.490 e. The van der Waals surface area contributed by atoms with Crippen molar-refractivity contribution in [3.63, 3.8) is 0 Å². The van der Waals surface area contributed by atoms with Crippen molar-refractivity contribution in [2.45, 2.75) is 45.1 Å². The SMILES string of the molecule is C[C@H]1c2cnc(-c3ncccn3)nc2CCN1c1cc(F)c(F)c(OCCCCCCN)c1. The van der Waals surface area contributed by atoms with Crippen LogP contribution < -0.4 is 15.4 Å². The molecule has 9 heteroatoms. The molecule has 0 spiro atoms. The van der Waals surface area contributed by atoms with Crippen LogP contribution in [0.2, 0.25) is 0 Å². The van der Waals surface area contributed by atoms with E-state index in [0.717, 1.165) is 36.9 Å². The molecule has 2 aromatic heterocycles. The van der Waals surface area contributed by atoms with Crippen LogP contribution in [0.1, 0.15) is 49.9 Å². The highest BCUT2D eigenvalue weighted by molar-refractivity contribution is 5.55. The molecule has 2 N–H and O–H groups in total. The first-order valence-corrected chi connectivity index (χ1v) is 11.3. The number of nitrogens with two attached hydrogens (primary N) is 1. The number of unbranched alkanes of at least 4 members (excludes halogenated alkanes) is 3. The second-order valence-electron chi connectivity index (χ2n) is 8.08. The average molecular weight is 455 g/mol. The summed E-state index contributed by atoms with van der Waals surface area (Å²) in [5.41, 5.74) is 7.91. The fraction of sp³-hybridized carbons (Fsp3) is 0.417. The summed E-state index contributed by atoms with van der Waals surface area (Å²) in [6, 6.07) is 4.42. The van der Waals surface area contributed by atoms with Gasteiger partial charge >= 0.3 is 0 Å². The quantitative estimate of drug-likeness (QED) is 0.484. The van der Waals surface area contributed by atoms with E-state index >= 15 is 0 Å². The molecule has 1 aromatic carbocycles. The predicted molar refractivity (Wildman–Crippen MR) is 122 cm³/mol. The number of rotatable bonds is 9. The van der Waals surface area contributed by atoms with Crippen molar-refractivity contribution < 1.29 is 13.5 Å². The monoisotopic (exact) mass is 454 g/mol. The van der Waals surface area contributed by atoms with E-state index in [0.29, 0.717) is 43.5 Å². The smallest absolute Gasteiger partial charge is 0.200 e. The third kappa shape index (κ3) is 5.24. The molecule has 0 fully saturated rings. The summed E-state index contributed by atoms with van der Waals surface area (Å²) >= 11 is 0. The third-order valence-corrected chi connectivity index (χ3v) is 5.84. The van der Waals surface area contributed by atoms with Crippen molar-refractivity contribution in [3.05, 3.63) is 59.7 Å². The Hall–Kier alpha value is -3.20. The van der Waals surface area contributed by atoms with Crippen LogP contribution in [-0.4, -0.2) is 39.6 Å². The van der Waals surface area contributed by atoms with E-state index in [-0.39, 0.29) is 11.8 Å². The Morgan fingerprint density at radius 3 is 2.64 bits per heavy atom. The standard InChI is InChI=1S/C24H28F2N6O/c1-16-18-15-30-24(23-28-9-6-10-29-23)31-20(18)7-11-32(16)17-13-19(25)22(26)21(14-17)33-12-5-3-2-4-8-27/h6,9-10,13-16H,2-5,7-8,11-12,27H2,1H3/t16-/m0/s1. The molecule has 33 heavy (non-hydrogen) atoms. The van der Waals surface area contributed by atoms with Crippen LogP contribution in [0.15, 0.2) is 36.8 Å². The van der Waals surface area contributed by atoms with E-state index in [9.17, 15) is 8.78 Å². The zero-order chi connectivity index (χ0) is 23.2. The highest BCUT2D eigenvalue weighted by Crippen LogP contribution is 2.36. The van der Waals surface area contributed by atoms with Gasteiger partial charge in [-0.05, 0) is 32.4 Å². The first kappa shape index (κ1) is 23.0. The van der Waals surface area contributed by atoms with Gasteiger partial charge in [0.2, 0.25) is 5.82 Å². The number of anilines is 1. The largest absolute Gasteiger partial charge is 0.490 e. The fourth-order valence-corrected chi connectivity index (χ4v) is 4.04. The summed E-state index contributed by atoms with van der Waals surface area (Å²) < 4.78 is 34.3. The lowest BCUT2D eigenvalue weighted by atomic mass is 9.98. The van der Waals surface area contributed by atoms with Gasteiger partial charge in [0.15, 0.2) is 23.2 Å². The lowest BCUT2D eigenvalue weighted by molar-refractivity contribution is 0.285. The molecule has 7 nitrogen and oxygen atoms in total. The predicted octanol–water partition coefficient (Wildman–Crippen LogP) is 4.23. The average Bonchev–Trinajstić information content (AvgIpc) is 2.84. The van der Waals surface area contributed by atoms with Gasteiger partial charge in [0.1, 0.15) is 0 Å². The van der Waals surface area contributed by atoms with Crippen LogP contribution in [0.3, 0.4) is 0 Å². The summed E-state index contributed by atoms with van der Waals surface area (Å²) in [6.45, 7) is 3.59. The summed E-state index contributed by atoms with van der Waals surface area (Å²) in [4.78, 5) is 19.5. The zero-order valence-corrected chi connectivity index (χ0v) is 18.7. The Kier molecular flexibility index (Phi) is 7.39. The molecule has 0 aliphatic carbocycles. The van der Waals surface area contributed by atoms with Crippen LogP contribution in [0.4, 0.5) is 14.5 Å². The Labute approximate surface area is 192 Å². The number of nitrogens with zero attached hydrogens (tertiary/aromatic N) is 5. The fourth-order valence-electron chi connectivity index (χ4n) is 4.04. The minimum atomic E-state index is -0.957. The van der Waals surface area contributed by atoms with Crippen LogP contribution in [0.25, 0.3) is 11.6 Å². The molecule has 0 saturated heterocycles. The molecule has 1 atom stereocenters. The van der Waals surface area contributed by atoms with Crippen molar-refractivity contribution in [3.8, 4) is 17.4 Å². The molecule has 0 bridgehead atoms. The summed E-state index contributed by atoms with van der Waals surface area (Å²) in [5.74, 6) is -0.988. The lowest BCUT2D eigenvalue weighted by Crippen LogP contribution is -2.35. The minimum absolute atomic E-state index is 0.0605. The third-order valence-electron chi connectivity index (χ3n) is 5.84. The van der Waals surface area contributed by atoms with Gasteiger partial charge in [0.25, 0.3) is 0 Å². The molecule has 0 radical (unpaired) electrons. The highest BCUT2D eigenvalue weighted by atomic mass is 19.2. The highest BCUT2D eigenvalue weighted by Gasteiger charge is 2.28. The summed E-state index contributed by atoms with van der Waals surface area (Å²) in [5, 5.41) is 0. The number of hydrogen-bond acceptors (Lipinski definition) is 7. The van der Waals surface area contributed by atoms with Gasteiger partial charge in [-0.25, -0.2) is 24.3 Å². The molecular formula is C24H28F2N6O. The first-order chi connectivity index (χ1) is 16.1. The topological polar surface area (TPSA) is 90.0 Å². The van der Waals surface area contributed by atoms with Crippen LogP contribution in [0.5, 0.6) is 5.75 Å². The van der Waals surface area contributed by atoms with Crippen molar-refractivity contribution in [1.82, 2.24) is 19.9 Å². The molecule has 0 amide bonds. The van der Waals surface area contributed by atoms with Gasteiger partial charge in [0, 0.05) is 54.9 Å². The van der Waals surface area contributed by atoms with Crippen molar-refractivity contribution >= 4 is 5.69 Å². The van der Waals surface area contributed by atoms with Crippen LogP contribution in [-0.2, 0) is 6.42 Å². The summed E-state index contributed by atoms with van der Waals surface area (Å²) in [6.07, 6.45) is 9.37. The molecule has 4 rings (SSSR count). The van der Waals surface area contributed by atoms with Gasteiger partial charge in [-0.3, -0.25) is 0 Å². The summed E-state index contributed by atoms with van der Waals surface area (Å²) in [7, 11) is 0. The van der Waals surface area contributed by atoms with E-state index < -0.39 is 11.6 Å². The van der Waals surface area contributed by atoms with Crippen molar-refractivity contribution in [2.24, 2.45) is 5.73 Å². The van der Waals surface area contributed by atoms with E-state index in [4.69, 9.17) is 10.5 Å². The number of hydrogen-bond donors (Lipinski definition) is 1. The van der Waals surface area contributed by atoms with E-state index in [1.807, 2.05) is 11.8 Å². The Morgan fingerprint density at radius 2 is 1.85 bits per heavy atom. The van der Waals surface area contributed by atoms with Gasteiger partial charge in [-0.2, -0.15) is 4.39 Å². The number of fused-ring (bicyclic) bond motifs is 1. The molecule has 174 valence electrons. The Balaban J connectivity index is 1.50. The lowest BCUT2D eigenvalue weighted by Gasteiger charge is -2.36. The number of benzene rings is 1. The molecule has 3 heterocycles. The van der Waals surface area contributed by atoms with Gasteiger partial charge in [-0.1, -0.05) is 12.8 Å². The second-order valence-corrected chi connectivity index (χ2v) is 8.08. The van der Waals surface area contributed by atoms with Crippen molar-refractivity contribution in [2.75, 3.05) is 24.6 Å². The molecule has 1 aliphatic heterocycles. The molecular weight excluding hydrogens is 426 g/mol. The molecule has 1 aliphatic rings. The second kappa shape index (κ2) is 10.6. The Morgan fingerprint density at radius 1 is 1.06 bits per heavy atom. The van der Waals surface area contributed by atoms with Crippen LogP contribution in [0, 0.1) is 11.6 Å². The van der Waals surface area contributed by atoms with E-state index in [1.165, 1.54) is 6.07 Å². The molecule has 0 saturated carbocycles. The maximum Gasteiger partial charge on any atom is 0.200 e. The number of aromatic nitrogens is 4. The van der Waals surface area contributed by atoms with Crippen molar-refractivity contribution in [1.29, 1.82) is 0 Å².